The fraction of sp³-hybridized carbons (Fsp3) is 0.846. The average molecular weight is 251 g/mol. The Kier molecular flexibility index (Phi) is 3.90. The number of nitrogens with zero attached hydrogens (tertiary/aromatic N) is 2. The molecule has 0 spiro atoms. The van der Waals surface area contributed by atoms with Gasteiger partial charge in [-0.15, -0.1) is 0 Å². The topological polar surface area (TPSA) is 60.2 Å². The fourth-order valence-corrected chi connectivity index (χ4v) is 2.77. The molecular weight excluding hydrogens is 230 g/mol. The van der Waals surface area contributed by atoms with Crippen LogP contribution >= 0.6 is 0 Å². The maximum atomic E-state index is 5.39. The monoisotopic (exact) mass is 251 g/mol. The summed E-state index contributed by atoms with van der Waals surface area (Å²) < 4.78 is 10.7. The van der Waals surface area contributed by atoms with E-state index in [-0.39, 0.29) is 0 Å². The molecule has 1 aromatic rings. The maximum absolute atomic E-state index is 5.39. The van der Waals surface area contributed by atoms with Crippen LogP contribution in [-0.4, -0.2) is 36.4 Å². The molecule has 0 aliphatic carbocycles. The Balaban J connectivity index is 1.52. The second-order valence-corrected chi connectivity index (χ2v) is 5.33. The molecule has 0 amide bonds. The molecule has 3 heterocycles. The molecule has 1 aromatic heterocycles. The molecule has 5 nitrogen and oxygen atoms in total. The van der Waals surface area contributed by atoms with Crippen LogP contribution in [0.5, 0.6) is 0 Å². The van der Waals surface area contributed by atoms with Crippen molar-refractivity contribution in [1.29, 1.82) is 0 Å². The minimum Gasteiger partial charge on any atom is -0.381 e. The summed E-state index contributed by atoms with van der Waals surface area (Å²) in [6.45, 7) is 3.93. The number of aromatic nitrogens is 2. The van der Waals surface area contributed by atoms with Crippen molar-refractivity contribution in [3.63, 3.8) is 0 Å². The summed E-state index contributed by atoms with van der Waals surface area (Å²) in [7, 11) is 0. The quantitative estimate of drug-likeness (QED) is 0.879. The van der Waals surface area contributed by atoms with E-state index in [1.807, 2.05) is 0 Å². The van der Waals surface area contributed by atoms with Gasteiger partial charge in [0.25, 0.3) is 0 Å². The Morgan fingerprint density at radius 2 is 2.11 bits per heavy atom. The summed E-state index contributed by atoms with van der Waals surface area (Å²) in [6, 6.07) is 0. The van der Waals surface area contributed by atoms with Crippen molar-refractivity contribution in [2.24, 2.45) is 5.92 Å². The SMILES string of the molecule is C1CC(CCc2noc(C3CCOCC3)n2)CN1. The van der Waals surface area contributed by atoms with E-state index >= 15 is 0 Å². The van der Waals surface area contributed by atoms with Crippen LogP contribution in [0.1, 0.15) is 43.3 Å². The van der Waals surface area contributed by atoms with E-state index in [1.54, 1.807) is 0 Å². The largest absolute Gasteiger partial charge is 0.381 e. The molecule has 0 aromatic carbocycles. The van der Waals surface area contributed by atoms with Crippen molar-refractivity contribution in [2.45, 2.75) is 38.0 Å². The third kappa shape index (κ3) is 2.90. The first kappa shape index (κ1) is 12.1. The van der Waals surface area contributed by atoms with Gasteiger partial charge in [0, 0.05) is 25.6 Å². The first-order valence-electron chi connectivity index (χ1n) is 7.03. The van der Waals surface area contributed by atoms with Gasteiger partial charge in [-0.05, 0) is 44.7 Å². The Labute approximate surface area is 107 Å². The normalized spacial score (nSPS) is 25.7. The Morgan fingerprint density at radius 1 is 1.22 bits per heavy atom. The Hall–Kier alpha value is -0.940. The van der Waals surface area contributed by atoms with E-state index in [0.29, 0.717) is 5.92 Å². The molecule has 2 fully saturated rings. The highest BCUT2D eigenvalue weighted by molar-refractivity contribution is 4.95. The lowest BCUT2D eigenvalue weighted by molar-refractivity contribution is 0.0778. The number of ether oxygens (including phenoxy) is 1. The summed E-state index contributed by atoms with van der Waals surface area (Å²) in [5.74, 6) is 2.89. The van der Waals surface area contributed by atoms with E-state index in [1.165, 1.54) is 12.8 Å². The van der Waals surface area contributed by atoms with Crippen LogP contribution in [-0.2, 0) is 11.2 Å². The summed E-state index contributed by atoms with van der Waals surface area (Å²) in [5.41, 5.74) is 0. The second kappa shape index (κ2) is 5.80. The molecule has 2 saturated heterocycles. The number of hydrogen-bond acceptors (Lipinski definition) is 5. The van der Waals surface area contributed by atoms with Crippen LogP contribution in [0, 0.1) is 5.92 Å². The number of aryl methyl sites for hydroxylation is 1. The van der Waals surface area contributed by atoms with Gasteiger partial charge < -0.3 is 14.6 Å². The molecule has 18 heavy (non-hydrogen) atoms. The highest BCUT2D eigenvalue weighted by atomic mass is 16.5. The number of hydrogen-bond donors (Lipinski definition) is 1. The van der Waals surface area contributed by atoms with E-state index in [0.717, 1.165) is 63.2 Å². The third-order valence-electron chi connectivity index (χ3n) is 3.99. The molecule has 1 unspecified atom stereocenters. The summed E-state index contributed by atoms with van der Waals surface area (Å²) in [4.78, 5) is 4.54. The molecule has 2 aliphatic heterocycles. The summed E-state index contributed by atoms with van der Waals surface area (Å²) in [5, 5.41) is 7.49. The van der Waals surface area contributed by atoms with Crippen molar-refractivity contribution in [1.82, 2.24) is 15.5 Å². The Bertz CT molecular complexity index is 368. The zero-order valence-corrected chi connectivity index (χ0v) is 10.7. The Morgan fingerprint density at radius 3 is 2.89 bits per heavy atom. The van der Waals surface area contributed by atoms with Crippen molar-refractivity contribution >= 4 is 0 Å². The van der Waals surface area contributed by atoms with E-state index in [2.05, 4.69) is 15.5 Å². The van der Waals surface area contributed by atoms with Gasteiger partial charge in [-0.2, -0.15) is 4.98 Å². The second-order valence-electron chi connectivity index (χ2n) is 5.33. The van der Waals surface area contributed by atoms with Crippen molar-refractivity contribution < 1.29 is 9.26 Å². The van der Waals surface area contributed by atoms with E-state index in [4.69, 9.17) is 9.26 Å². The highest BCUT2D eigenvalue weighted by Gasteiger charge is 2.22. The van der Waals surface area contributed by atoms with Crippen molar-refractivity contribution in [3.05, 3.63) is 11.7 Å². The third-order valence-corrected chi connectivity index (χ3v) is 3.99. The zero-order chi connectivity index (χ0) is 12.2. The molecule has 1 N–H and O–H groups in total. The molecular formula is C13H21N3O2. The zero-order valence-electron chi connectivity index (χ0n) is 10.7. The van der Waals surface area contributed by atoms with Crippen LogP contribution in [0.4, 0.5) is 0 Å². The maximum Gasteiger partial charge on any atom is 0.229 e. The van der Waals surface area contributed by atoms with Gasteiger partial charge in [0.15, 0.2) is 5.82 Å². The molecule has 100 valence electrons. The minimum atomic E-state index is 0.410. The first-order valence-corrected chi connectivity index (χ1v) is 7.03. The lowest BCUT2D eigenvalue weighted by Gasteiger charge is -2.17. The molecule has 3 rings (SSSR count). The van der Waals surface area contributed by atoms with Crippen LogP contribution in [0.25, 0.3) is 0 Å². The van der Waals surface area contributed by atoms with E-state index in [9.17, 15) is 0 Å². The predicted octanol–water partition coefficient (Wildman–Crippen LogP) is 1.51. The first-order chi connectivity index (χ1) is 8.92. The van der Waals surface area contributed by atoms with Gasteiger partial charge in [0.05, 0.1) is 0 Å². The van der Waals surface area contributed by atoms with Crippen LogP contribution in [0.15, 0.2) is 4.52 Å². The summed E-state index contributed by atoms with van der Waals surface area (Å²) >= 11 is 0. The van der Waals surface area contributed by atoms with Gasteiger partial charge in [-0.3, -0.25) is 0 Å². The van der Waals surface area contributed by atoms with Gasteiger partial charge in [-0.25, -0.2) is 0 Å². The van der Waals surface area contributed by atoms with Crippen LogP contribution < -0.4 is 5.32 Å². The van der Waals surface area contributed by atoms with Crippen LogP contribution in [0.2, 0.25) is 0 Å². The highest BCUT2D eigenvalue weighted by Crippen LogP contribution is 2.25. The molecule has 0 bridgehead atoms. The predicted molar refractivity (Wildman–Crippen MR) is 66.4 cm³/mol. The van der Waals surface area contributed by atoms with E-state index < -0.39 is 0 Å². The number of nitrogens with one attached hydrogen (secondary N) is 1. The van der Waals surface area contributed by atoms with Gasteiger partial charge >= 0.3 is 0 Å². The lowest BCUT2D eigenvalue weighted by Crippen LogP contribution is -2.14. The van der Waals surface area contributed by atoms with Crippen LogP contribution in [0.3, 0.4) is 0 Å². The lowest BCUT2D eigenvalue weighted by atomic mass is 10.0. The molecule has 2 aliphatic rings. The average Bonchev–Trinajstić information content (AvgIpc) is 3.09. The summed E-state index contributed by atoms with van der Waals surface area (Å²) in [6.07, 6.45) is 5.41. The number of rotatable bonds is 4. The molecule has 0 radical (unpaired) electrons. The van der Waals surface area contributed by atoms with Gasteiger partial charge in [0.1, 0.15) is 0 Å². The smallest absolute Gasteiger partial charge is 0.229 e. The molecule has 5 heteroatoms. The van der Waals surface area contributed by atoms with Crippen molar-refractivity contribution in [2.75, 3.05) is 26.3 Å². The molecule has 1 atom stereocenters. The van der Waals surface area contributed by atoms with Gasteiger partial charge in [0.2, 0.25) is 5.89 Å². The minimum absolute atomic E-state index is 0.410. The van der Waals surface area contributed by atoms with Crippen molar-refractivity contribution in [3.8, 4) is 0 Å². The fourth-order valence-electron chi connectivity index (χ4n) is 2.77. The van der Waals surface area contributed by atoms with Gasteiger partial charge in [-0.1, -0.05) is 5.16 Å². The molecule has 0 saturated carbocycles. The standard InChI is InChI=1S/C13H21N3O2/c1(10-3-6-14-9-10)2-12-15-13(18-16-12)11-4-7-17-8-5-11/h10-11,14H,1-9H2.